The molecule has 0 unspecified atom stereocenters. The first-order valence-electron chi connectivity index (χ1n) is 13.4. The van der Waals surface area contributed by atoms with Crippen LogP contribution in [0.15, 0.2) is 24.3 Å². The van der Waals surface area contributed by atoms with Gasteiger partial charge in [-0.25, -0.2) is 0 Å². The number of nitriles is 1. The van der Waals surface area contributed by atoms with Crippen LogP contribution in [-0.2, 0) is 4.79 Å². The summed E-state index contributed by atoms with van der Waals surface area (Å²) in [6.45, 7) is 20.7. The van der Waals surface area contributed by atoms with Gasteiger partial charge >= 0.3 is 0 Å². The molecule has 0 aromatic rings. The highest BCUT2D eigenvalue weighted by molar-refractivity contribution is 5.82. The van der Waals surface area contributed by atoms with Crippen LogP contribution in [-0.4, -0.2) is 5.91 Å². The summed E-state index contributed by atoms with van der Waals surface area (Å²) in [5, 5.41) is 9.47. The van der Waals surface area contributed by atoms with Gasteiger partial charge in [-0.05, 0) is 117 Å². The third-order valence-electron chi connectivity index (χ3n) is 12.2. The first-order valence-corrected chi connectivity index (χ1v) is 13.4. The largest absolute Gasteiger partial charge is 0.369 e. The standard InChI is InChI=1S/C30H46N2O/c1-19(2)21-11-15-30(26(32)33)17-16-28(6)23(25(21)30)9-10-24-27(5,13-8-18-31)22(20(3)4)12-14-29(24,28)7/h21-25H,1,3,8-17H2,2,4-7H3,(H2,32,33)/t21-,22-,23+,24+,25+,27-,28+,29+,30-/m0/s1. The van der Waals surface area contributed by atoms with Crippen molar-refractivity contribution in [2.24, 2.45) is 57.0 Å². The topological polar surface area (TPSA) is 66.9 Å². The molecule has 1 amide bonds. The summed E-state index contributed by atoms with van der Waals surface area (Å²) in [7, 11) is 0. The Balaban J connectivity index is 1.79. The molecular formula is C30H46N2O. The molecule has 0 aliphatic heterocycles. The van der Waals surface area contributed by atoms with Crippen LogP contribution < -0.4 is 5.73 Å². The lowest BCUT2D eigenvalue weighted by molar-refractivity contribution is -0.214. The fourth-order valence-corrected chi connectivity index (χ4v) is 10.4. The third kappa shape index (κ3) is 3.15. The highest BCUT2D eigenvalue weighted by Crippen LogP contribution is 2.76. The zero-order valence-electron chi connectivity index (χ0n) is 21.8. The maximum absolute atomic E-state index is 13.0. The SMILES string of the molecule is C=C(C)[C@@H]1CC[C@]2(C(N)=O)CC[C@]3(C)[C@H](CC[C@@H]4[C@@](C)(CCC#N)[C@H](C(=C)C)CC[C@]43C)[C@@H]12. The van der Waals surface area contributed by atoms with E-state index in [1.165, 1.54) is 36.8 Å². The van der Waals surface area contributed by atoms with E-state index >= 15 is 0 Å². The monoisotopic (exact) mass is 450 g/mol. The van der Waals surface area contributed by atoms with Crippen LogP contribution in [0.25, 0.3) is 0 Å². The molecular weight excluding hydrogens is 404 g/mol. The number of fused-ring (bicyclic) bond motifs is 5. The van der Waals surface area contributed by atoms with Crippen molar-refractivity contribution in [1.29, 1.82) is 5.26 Å². The third-order valence-corrected chi connectivity index (χ3v) is 12.2. The lowest BCUT2D eigenvalue weighted by Gasteiger charge is -2.70. The van der Waals surface area contributed by atoms with E-state index in [1.54, 1.807) is 0 Å². The molecule has 3 heteroatoms. The fourth-order valence-electron chi connectivity index (χ4n) is 10.4. The molecule has 4 saturated carbocycles. The number of carbonyl (C=O) groups is 1. The molecule has 0 aromatic carbocycles. The molecule has 182 valence electrons. The van der Waals surface area contributed by atoms with Crippen molar-refractivity contribution in [3.8, 4) is 6.07 Å². The molecule has 4 aliphatic rings. The molecule has 0 radical (unpaired) electrons. The van der Waals surface area contributed by atoms with Crippen molar-refractivity contribution < 1.29 is 4.79 Å². The van der Waals surface area contributed by atoms with Crippen LogP contribution in [0.5, 0.6) is 0 Å². The predicted molar refractivity (Wildman–Crippen MR) is 135 cm³/mol. The van der Waals surface area contributed by atoms with Gasteiger partial charge in [-0.15, -0.1) is 0 Å². The molecule has 0 bridgehead atoms. The minimum atomic E-state index is -0.337. The normalized spacial score (nSPS) is 48.7. The summed E-state index contributed by atoms with van der Waals surface area (Å²) in [5.74, 6) is 2.29. The van der Waals surface area contributed by atoms with Crippen molar-refractivity contribution in [2.45, 2.75) is 98.8 Å². The number of amides is 1. The number of rotatable bonds is 5. The molecule has 2 N–H and O–H groups in total. The predicted octanol–water partition coefficient (Wildman–Crippen LogP) is 7.19. The van der Waals surface area contributed by atoms with Gasteiger partial charge in [0.25, 0.3) is 0 Å². The van der Waals surface area contributed by atoms with Crippen LogP contribution in [0.1, 0.15) is 98.8 Å². The van der Waals surface area contributed by atoms with E-state index in [0.29, 0.717) is 36.0 Å². The van der Waals surface area contributed by atoms with Crippen molar-refractivity contribution in [3.05, 3.63) is 24.3 Å². The molecule has 4 fully saturated rings. The van der Waals surface area contributed by atoms with E-state index in [4.69, 9.17) is 5.73 Å². The summed E-state index contributed by atoms with van der Waals surface area (Å²) in [4.78, 5) is 13.0. The second-order valence-corrected chi connectivity index (χ2v) is 13.2. The van der Waals surface area contributed by atoms with Gasteiger partial charge in [-0.2, -0.15) is 5.26 Å². The number of nitrogens with two attached hydrogens (primary N) is 1. The Morgan fingerprint density at radius 3 is 2.24 bits per heavy atom. The quantitative estimate of drug-likeness (QED) is 0.450. The summed E-state index contributed by atoms with van der Waals surface area (Å²) in [5.41, 5.74) is 8.88. The van der Waals surface area contributed by atoms with Gasteiger partial charge in [0, 0.05) is 6.42 Å². The van der Waals surface area contributed by atoms with Crippen LogP contribution in [0.3, 0.4) is 0 Å². The smallest absolute Gasteiger partial charge is 0.223 e. The van der Waals surface area contributed by atoms with E-state index < -0.39 is 0 Å². The van der Waals surface area contributed by atoms with Crippen molar-refractivity contribution in [2.75, 3.05) is 0 Å². The minimum absolute atomic E-state index is 0.0598. The number of hydrogen-bond acceptors (Lipinski definition) is 2. The highest BCUT2D eigenvalue weighted by atomic mass is 16.1. The molecule has 0 aromatic heterocycles. The number of nitrogens with zero attached hydrogens (tertiary/aromatic N) is 1. The minimum Gasteiger partial charge on any atom is -0.369 e. The Kier molecular flexibility index (Phi) is 5.95. The molecule has 0 heterocycles. The first-order chi connectivity index (χ1) is 15.4. The average molecular weight is 451 g/mol. The summed E-state index contributed by atoms with van der Waals surface area (Å²) < 4.78 is 0. The molecule has 3 nitrogen and oxygen atoms in total. The van der Waals surface area contributed by atoms with Gasteiger partial charge in [0.15, 0.2) is 0 Å². The summed E-state index contributed by atoms with van der Waals surface area (Å²) >= 11 is 0. The zero-order chi connectivity index (χ0) is 24.4. The van der Waals surface area contributed by atoms with Gasteiger partial charge in [0.1, 0.15) is 0 Å². The van der Waals surface area contributed by atoms with Crippen molar-refractivity contribution >= 4 is 5.91 Å². The highest BCUT2D eigenvalue weighted by Gasteiger charge is 2.70. The Hall–Kier alpha value is -1.56. The lowest BCUT2D eigenvalue weighted by atomic mass is 9.34. The summed E-state index contributed by atoms with van der Waals surface area (Å²) in [6.07, 6.45) is 10.4. The Morgan fingerprint density at radius 2 is 1.67 bits per heavy atom. The molecule has 4 aliphatic carbocycles. The lowest BCUT2D eigenvalue weighted by Crippen LogP contribution is -2.65. The summed E-state index contributed by atoms with van der Waals surface area (Å²) in [6, 6.07) is 2.45. The first kappa shape index (κ1) is 24.6. The van der Waals surface area contributed by atoms with Crippen LogP contribution >= 0.6 is 0 Å². The Morgan fingerprint density at radius 1 is 0.970 bits per heavy atom. The molecule has 0 saturated heterocycles. The molecule has 33 heavy (non-hydrogen) atoms. The van der Waals surface area contributed by atoms with E-state index in [0.717, 1.165) is 32.1 Å². The van der Waals surface area contributed by atoms with E-state index in [9.17, 15) is 10.1 Å². The van der Waals surface area contributed by atoms with Crippen LogP contribution in [0.2, 0.25) is 0 Å². The maximum Gasteiger partial charge on any atom is 0.223 e. The molecule has 9 atom stereocenters. The fraction of sp³-hybridized carbons (Fsp3) is 0.800. The van der Waals surface area contributed by atoms with Crippen molar-refractivity contribution in [3.63, 3.8) is 0 Å². The number of allylic oxidation sites excluding steroid dienone is 2. The number of hydrogen-bond donors (Lipinski definition) is 1. The van der Waals surface area contributed by atoms with Gasteiger partial charge in [0.2, 0.25) is 5.91 Å². The van der Waals surface area contributed by atoms with Gasteiger partial charge in [-0.3, -0.25) is 4.79 Å². The van der Waals surface area contributed by atoms with Crippen LogP contribution in [0, 0.1) is 62.6 Å². The van der Waals surface area contributed by atoms with Gasteiger partial charge in [-0.1, -0.05) is 45.1 Å². The Bertz CT molecular complexity index is 899. The number of primary amides is 1. The second kappa shape index (κ2) is 8.00. The second-order valence-electron chi connectivity index (χ2n) is 13.2. The zero-order valence-corrected chi connectivity index (χ0v) is 21.8. The Labute approximate surface area is 202 Å². The molecule has 0 spiro atoms. The van der Waals surface area contributed by atoms with E-state index in [-0.39, 0.29) is 27.6 Å². The average Bonchev–Trinajstić information content (AvgIpc) is 3.14. The van der Waals surface area contributed by atoms with E-state index in [2.05, 4.69) is 53.8 Å². The van der Waals surface area contributed by atoms with E-state index in [1.807, 2.05) is 0 Å². The van der Waals surface area contributed by atoms with Crippen molar-refractivity contribution in [1.82, 2.24) is 0 Å². The maximum atomic E-state index is 13.0. The molecule has 4 rings (SSSR count). The number of carbonyl (C=O) groups excluding carboxylic acids is 1. The van der Waals surface area contributed by atoms with Gasteiger partial charge < -0.3 is 5.73 Å². The van der Waals surface area contributed by atoms with Gasteiger partial charge in [0.05, 0.1) is 11.5 Å². The van der Waals surface area contributed by atoms with Crippen LogP contribution in [0.4, 0.5) is 0 Å².